The van der Waals surface area contributed by atoms with Crippen molar-refractivity contribution in [3.8, 4) is 11.1 Å². The maximum absolute atomic E-state index is 15.5. The molecule has 0 bridgehead atoms. The van der Waals surface area contributed by atoms with E-state index in [0.717, 1.165) is 18.8 Å². The van der Waals surface area contributed by atoms with E-state index >= 15 is 8.78 Å². The van der Waals surface area contributed by atoms with Crippen LogP contribution in [0.3, 0.4) is 0 Å². The molecule has 2 aromatic heterocycles. The molecule has 16 heteroatoms. The first-order valence-electron chi connectivity index (χ1n) is 12.9. The van der Waals surface area contributed by atoms with Crippen molar-refractivity contribution in [2.45, 2.75) is 31.5 Å². The summed E-state index contributed by atoms with van der Waals surface area (Å²) in [7, 11) is 0. The number of rotatable bonds is 5. The van der Waals surface area contributed by atoms with Crippen molar-refractivity contribution in [3.05, 3.63) is 71.4 Å². The number of hydrogen-bond acceptors (Lipinski definition) is 6. The molecule has 1 unspecified atom stereocenters. The number of aliphatic hydroxyl groups is 1. The SMILES string of the molecule is Nc1ncnn2c(C3CCCCN3C(=O)CO)cc(-c3cc(F)c(NC(=O)Nc4cc(C(F)(F)F)ccc4F)cc3F)c12. The molecule has 43 heavy (non-hydrogen) atoms. The van der Waals surface area contributed by atoms with Crippen LogP contribution in [0.5, 0.6) is 0 Å². The highest BCUT2D eigenvalue weighted by Crippen LogP contribution is 2.39. The van der Waals surface area contributed by atoms with Crippen LogP contribution in [0.1, 0.15) is 36.6 Å². The number of likely N-dealkylation sites (tertiary alicyclic amines) is 1. The molecule has 0 radical (unpaired) electrons. The third-order valence-electron chi connectivity index (χ3n) is 7.05. The maximum Gasteiger partial charge on any atom is 0.416 e. The topological polar surface area (TPSA) is 138 Å². The van der Waals surface area contributed by atoms with Crippen LogP contribution in [0.25, 0.3) is 16.6 Å². The van der Waals surface area contributed by atoms with Crippen molar-refractivity contribution in [3.63, 3.8) is 0 Å². The van der Waals surface area contributed by atoms with Gasteiger partial charge in [0.15, 0.2) is 5.82 Å². The van der Waals surface area contributed by atoms with Gasteiger partial charge in [-0.05, 0) is 49.6 Å². The highest BCUT2D eigenvalue weighted by atomic mass is 19.4. The number of nitrogens with two attached hydrogens (primary N) is 1. The Morgan fingerprint density at radius 1 is 0.977 bits per heavy atom. The second-order valence-electron chi connectivity index (χ2n) is 9.73. The molecule has 5 N–H and O–H groups in total. The van der Waals surface area contributed by atoms with E-state index in [1.54, 1.807) is 0 Å². The molecule has 1 aliphatic heterocycles. The Balaban J connectivity index is 1.48. The number of anilines is 3. The summed E-state index contributed by atoms with van der Waals surface area (Å²) in [4.78, 5) is 30.2. The van der Waals surface area contributed by atoms with Crippen LogP contribution in [0.15, 0.2) is 42.7 Å². The van der Waals surface area contributed by atoms with Crippen molar-refractivity contribution >= 4 is 34.6 Å². The molecule has 1 atom stereocenters. The minimum atomic E-state index is -4.81. The Kier molecular flexibility index (Phi) is 7.88. The van der Waals surface area contributed by atoms with E-state index in [9.17, 15) is 32.3 Å². The quantitative estimate of drug-likeness (QED) is 0.233. The van der Waals surface area contributed by atoms with E-state index in [-0.39, 0.29) is 22.5 Å². The number of carbonyl (C=O) groups is 2. The number of carbonyl (C=O) groups excluding carboxylic acids is 2. The number of benzene rings is 2. The summed E-state index contributed by atoms with van der Waals surface area (Å²) in [6, 6.07) is 2.35. The van der Waals surface area contributed by atoms with Crippen molar-refractivity contribution in [2.24, 2.45) is 0 Å². The summed E-state index contributed by atoms with van der Waals surface area (Å²) in [6.45, 7) is -0.352. The zero-order valence-electron chi connectivity index (χ0n) is 22.1. The molecule has 2 aromatic carbocycles. The highest BCUT2D eigenvalue weighted by molar-refractivity contribution is 6.00. The lowest BCUT2D eigenvalue weighted by molar-refractivity contribution is -0.138. The Labute approximate surface area is 239 Å². The fourth-order valence-electron chi connectivity index (χ4n) is 5.09. The first kappa shape index (κ1) is 29.6. The molecule has 1 aliphatic rings. The number of nitrogen functional groups attached to an aromatic ring is 1. The number of fused-ring (bicyclic) bond motifs is 1. The molecule has 226 valence electrons. The van der Waals surface area contributed by atoms with E-state index < -0.39 is 65.2 Å². The number of nitrogens with zero attached hydrogens (tertiary/aromatic N) is 4. The molecule has 0 spiro atoms. The molecule has 1 saturated heterocycles. The van der Waals surface area contributed by atoms with Gasteiger partial charge in [0.05, 0.1) is 28.7 Å². The minimum Gasteiger partial charge on any atom is -0.387 e. The highest BCUT2D eigenvalue weighted by Gasteiger charge is 2.33. The predicted octanol–water partition coefficient (Wildman–Crippen LogP) is 5.10. The lowest BCUT2D eigenvalue weighted by atomic mass is 9.98. The van der Waals surface area contributed by atoms with Crippen LogP contribution >= 0.6 is 0 Å². The third-order valence-corrected chi connectivity index (χ3v) is 7.05. The fraction of sp³-hybridized carbons (Fsp3) is 0.259. The molecular formula is C27H23F6N7O3. The lowest BCUT2D eigenvalue weighted by Gasteiger charge is -2.35. The molecular weight excluding hydrogens is 584 g/mol. The van der Waals surface area contributed by atoms with Crippen LogP contribution in [-0.2, 0) is 11.0 Å². The van der Waals surface area contributed by atoms with Gasteiger partial charge in [0.2, 0.25) is 5.91 Å². The summed E-state index contributed by atoms with van der Waals surface area (Å²) < 4.78 is 85.0. The standard InChI is InChI=1S/C27H23F6N7O3/c28-16-5-4-13(27(31,32)33)7-19(16)37-26(43)38-20-10-17(29)14(8-18(20)30)15-9-22(40-24(15)25(34)35-12-36-40)21-3-1-2-6-39(21)23(42)11-41/h4-5,7-10,12,21,41H,1-3,6,11H2,(H2,34,35,36)(H2,37,38,43). The first-order chi connectivity index (χ1) is 20.4. The average Bonchev–Trinajstić information content (AvgIpc) is 3.35. The molecule has 1 fully saturated rings. The normalized spacial score (nSPS) is 15.5. The average molecular weight is 608 g/mol. The second kappa shape index (κ2) is 11.4. The van der Waals surface area contributed by atoms with Gasteiger partial charge in [-0.1, -0.05) is 0 Å². The van der Waals surface area contributed by atoms with E-state index in [4.69, 9.17) is 5.73 Å². The van der Waals surface area contributed by atoms with Gasteiger partial charge in [0.25, 0.3) is 0 Å². The van der Waals surface area contributed by atoms with Crippen LogP contribution in [0, 0.1) is 17.5 Å². The maximum atomic E-state index is 15.5. The summed E-state index contributed by atoms with van der Waals surface area (Å²) in [5, 5.41) is 17.5. The summed E-state index contributed by atoms with van der Waals surface area (Å²) >= 11 is 0. The van der Waals surface area contributed by atoms with Crippen molar-refractivity contribution < 1.29 is 41.0 Å². The van der Waals surface area contributed by atoms with Gasteiger partial charge in [-0.2, -0.15) is 18.3 Å². The fourth-order valence-corrected chi connectivity index (χ4v) is 5.09. The van der Waals surface area contributed by atoms with E-state index in [1.165, 1.54) is 15.5 Å². The van der Waals surface area contributed by atoms with Gasteiger partial charge in [0, 0.05) is 23.7 Å². The second-order valence-corrected chi connectivity index (χ2v) is 9.73. The molecule has 3 heterocycles. The molecule has 0 saturated carbocycles. The summed E-state index contributed by atoms with van der Waals surface area (Å²) in [6.07, 6.45) is -1.70. The monoisotopic (exact) mass is 607 g/mol. The number of alkyl halides is 3. The van der Waals surface area contributed by atoms with Crippen LogP contribution in [-0.4, -0.2) is 49.7 Å². The number of amides is 3. The van der Waals surface area contributed by atoms with E-state index in [2.05, 4.69) is 10.1 Å². The zero-order valence-corrected chi connectivity index (χ0v) is 22.1. The molecule has 0 aliphatic carbocycles. The smallest absolute Gasteiger partial charge is 0.387 e. The largest absolute Gasteiger partial charge is 0.416 e. The van der Waals surface area contributed by atoms with Crippen LogP contribution in [0.2, 0.25) is 0 Å². The van der Waals surface area contributed by atoms with Gasteiger partial charge < -0.3 is 26.4 Å². The van der Waals surface area contributed by atoms with Crippen molar-refractivity contribution in [1.29, 1.82) is 0 Å². The summed E-state index contributed by atoms with van der Waals surface area (Å²) in [5.74, 6) is -3.94. The number of aromatic nitrogens is 3. The number of urea groups is 1. The number of halogens is 6. The number of piperidine rings is 1. The third kappa shape index (κ3) is 5.77. The summed E-state index contributed by atoms with van der Waals surface area (Å²) in [5.41, 5.74) is 3.66. The Morgan fingerprint density at radius 2 is 1.70 bits per heavy atom. The number of nitrogens with one attached hydrogen (secondary N) is 2. The zero-order chi connectivity index (χ0) is 31.1. The molecule has 5 rings (SSSR count). The Morgan fingerprint density at radius 3 is 2.40 bits per heavy atom. The minimum absolute atomic E-state index is 0.0726. The van der Waals surface area contributed by atoms with Crippen LogP contribution < -0.4 is 16.4 Å². The van der Waals surface area contributed by atoms with Crippen LogP contribution in [0.4, 0.5) is 48.3 Å². The van der Waals surface area contributed by atoms with Gasteiger partial charge in [-0.15, -0.1) is 0 Å². The molecule has 3 amide bonds. The van der Waals surface area contributed by atoms with Crippen molar-refractivity contribution in [2.75, 3.05) is 29.5 Å². The molecule has 10 nitrogen and oxygen atoms in total. The van der Waals surface area contributed by atoms with E-state index in [1.807, 2.05) is 10.6 Å². The number of hydrogen-bond donors (Lipinski definition) is 4. The molecule has 4 aromatic rings. The van der Waals surface area contributed by atoms with Gasteiger partial charge >= 0.3 is 12.2 Å². The Bertz CT molecular complexity index is 1730. The predicted molar refractivity (Wildman–Crippen MR) is 142 cm³/mol. The van der Waals surface area contributed by atoms with Crippen molar-refractivity contribution in [1.82, 2.24) is 19.5 Å². The van der Waals surface area contributed by atoms with Gasteiger partial charge in [-0.3, -0.25) is 4.79 Å². The van der Waals surface area contributed by atoms with Gasteiger partial charge in [-0.25, -0.2) is 27.5 Å². The van der Waals surface area contributed by atoms with Gasteiger partial charge in [0.1, 0.15) is 35.9 Å². The first-order valence-corrected chi connectivity index (χ1v) is 12.9. The lowest BCUT2D eigenvalue weighted by Crippen LogP contribution is -2.40. The van der Waals surface area contributed by atoms with E-state index in [0.29, 0.717) is 49.3 Å². The Hall–Kier alpha value is -4.86. The number of aliphatic hydroxyl groups excluding tert-OH is 1.